The summed E-state index contributed by atoms with van der Waals surface area (Å²) in [5.74, 6) is 0.949. The highest BCUT2D eigenvalue weighted by Crippen LogP contribution is 2.37. The van der Waals surface area contributed by atoms with E-state index in [2.05, 4.69) is 9.88 Å². The zero-order chi connectivity index (χ0) is 22.0. The van der Waals surface area contributed by atoms with Crippen molar-refractivity contribution in [3.05, 3.63) is 42.6 Å². The fourth-order valence-corrected chi connectivity index (χ4v) is 5.63. The van der Waals surface area contributed by atoms with Crippen LogP contribution in [0.15, 0.2) is 42.6 Å². The number of sulfonamides is 1. The van der Waals surface area contributed by atoms with Crippen molar-refractivity contribution in [3.8, 4) is 0 Å². The molecule has 1 aromatic heterocycles. The molecule has 3 heterocycles. The molecule has 166 valence electrons. The lowest BCUT2D eigenvalue weighted by Gasteiger charge is -2.37. The van der Waals surface area contributed by atoms with Crippen molar-refractivity contribution in [1.29, 1.82) is 0 Å². The number of rotatable bonds is 5. The summed E-state index contributed by atoms with van der Waals surface area (Å²) in [6.45, 7) is 4.98. The van der Waals surface area contributed by atoms with Gasteiger partial charge in [-0.05, 0) is 30.7 Å². The van der Waals surface area contributed by atoms with Gasteiger partial charge < -0.3 is 14.9 Å². The number of hydrogen-bond acceptors (Lipinski definition) is 6. The van der Waals surface area contributed by atoms with Gasteiger partial charge in [-0.1, -0.05) is 19.1 Å². The molecule has 1 saturated heterocycles. The Hall–Kier alpha value is -2.85. The number of piperazine rings is 1. The molecule has 0 unspecified atom stereocenters. The van der Waals surface area contributed by atoms with Gasteiger partial charge in [0.1, 0.15) is 5.82 Å². The Balaban J connectivity index is 1.47. The van der Waals surface area contributed by atoms with E-state index in [0.717, 1.165) is 17.2 Å². The number of anilines is 4. The number of hydrogen-bond donors (Lipinski definition) is 1. The van der Waals surface area contributed by atoms with E-state index in [4.69, 9.17) is 0 Å². The second-order valence-corrected chi connectivity index (χ2v) is 9.74. The summed E-state index contributed by atoms with van der Waals surface area (Å²) < 4.78 is 26.1. The molecule has 10 heteroatoms. The third-order valence-electron chi connectivity index (χ3n) is 5.71. The fraction of sp³-hybridized carbons (Fsp3) is 0.429. The van der Waals surface area contributed by atoms with Crippen molar-refractivity contribution >= 4 is 39.0 Å². The van der Waals surface area contributed by atoms with Crippen LogP contribution in [0, 0.1) is 0 Å². The summed E-state index contributed by atoms with van der Waals surface area (Å²) in [7, 11) is -3.16. The van der Waals surface area contributed by atoms with Crippen LogP contribution in [-0.4, -0.2) is 73.9 Å². The summed E-state index contributed by atoms with van der Waals surface area (Å²) in [4.78, 5) is 21.7. The Morgan fingerprint density at radius 1 is 1.00 bits per heavy atom. The monoisotopic (exact) mass is 445 g/mol. The first-order valence-electron chi connectivity index (χ1n) is 10.5. The zero-order valence-corrected chi connectivity index (χ0v) is 18.3. The minimum absolute atomic E-state index is 0.194. The van der Waals surface area contributed by atoms with E-state index in [1.54, 1.807) is 16.6 Å². The SMILES string of the molecule is CCCS(=O)(=O)N1CCN(c2ccc(N3CCN(C(=O)O)c4ccccc43)nc2)CC1. The van der Waals surface area contributed by atoms with Crippen LogP contribution in [0.4, 0.5) is 27.7 Å². The number of benzene rings is 1. The molecular formula is C21H27N5O4S. The Labute approximate surface area is 182 Å². The van der Waals surface area contributed by atoms with E-state index >= 15 is 0 Å². The van der Waals surface area contributed by atoms with Crippen molar-refractivity contribution in [2.75, 3.05) is 59.7 Å². The number of para-hydroxylation sites is 2. The first-order chi connectivity index (χ1) is 14.9. The molecule has 31 heavy (non-hydrogen) atoms. The maximum Gasteiger partial charge on any atom is 0.411 e. The Bertz CT molecular complexity index is 1040. The van der Waals surface area contributed by atoms with E-state index < -0.39 is 16.1 Å². The van der Waals surface area contributed by atoms with Crippen LogP contribution in [0.2, 0.25) is 0 Å². The van der Waals surface area contributed by atoms with Crippen molar-refractivity contribution in [2.45, 2.75) is 13.3 Å². The molecule has 4 rings (SSSR count). The van der Waals surface area contributed by atoms with Gasteiger partial charge >= 0.3 is 6.09 Å². The second kappa shape index (κ2) is 8.72. The first kappa shape index (κ1) is 21.4. The molecular weight excluding hydrogens is 418 g/mol. The third-order valence-corrected chi connectivity index (χ3v) is 7.79. The smallest absolute Gasteiger partial charge is 0.411 e. The predicted octanol–water partition coefficient (Wildman–Crippen LogP) is 2.58. The summed E-state index contributed by atoms with van der Waals surface area (Å²) in [6, 6.07) is 11.3. The van der Waals surface area contributed by atoms with Crippen LogP contribution in [0.5, 0.6) is 0 Å². The Kier molecular flexibility index (Phi) is 6.01. The fourth-order valence-electron chi connectivity index (χ4n) is 4.13. The molecule has 0 bridgehead atoms. The summed E-state index contributed by atoms with van der Waals surface area (Å²) in [5, 5.41) is 9.47. The van der Waals surface area contributed by atoms with E-state index in [1.165, 1.54) is 4.90 Å². The zero-order valence-electron chi connectivity index (χ0n) is 17.5. The number of amides is 1. The Morgan fingerprint density at radius 3 is 2.32 bits per heavy atom. The molecule has 0 spiro atoms. The third kappa shape index (κ3) is 4.31. The van der Waals surface area contributed by atoms with Gasteiger partial charge in [-0.25, -0.2) is 18.2 Å². The van der Waals surface area contributed by atoms with Gasteiger partial charge in [0.05, 0.1) is 29.0 Å². The number of carbonyl (C=O) groups is 1. The summed E-state index contributed by atoms with van der Waals surface area (Å²) in [6.07, 6.45) is 1.46. The highest BCUT2D eigenvalue weighted by Gasteiger charge is 2.29. The standard InChI is InChI=1S/C21H27N5O4S/c1-2-15-31(29,30)24-11-9-23(10-12-24)17-7-8-20(22-16-17)25-13-14-26(21(27)28)19-6-4-3-5-18(19)25/h3-8,16H,2,9-15H2,1H3,(H,27,28). The van der Waals surface area contributed by atoms with E-state index in [-0.39, 0.29) is 5.75 Å². The van der Waals surface area contributed by atoms with E-state index in [1.807, 2.05) is 42.2 Å². The van der Waals surface area contributed by atoms with Crippen molar-refractivity contribution in [1.82, 2.24) is 9.29 Å². The summed E-state index contributed by atoms with van der Waals surface area (Å²) in [5.41, 5.74) is 2.41. The second-order valence-electron chi connectivity index (χ2n) is 7.65. The number of fused-ring (bicyclic) bond motifs is 1. The van der Waals surface area contributed by atoms with Crippen molar-refractivity contribution in [2.24, 2.45) is 0 Å². The van der Waals surface area contributed by atoms with Gasteiger partial charge in [0.25, 0.3) is 0 Å². The molecule has 0 saturated carbocycles. The molecule has 2 aromatic rings. The van der Waals surface area contributed by atoms with Crippen molar-refractivity contribution < 1.29 is 18.3 Å². The van der Waals surface area contributed by atoms with Crippen LogP contribution < -0.4 is 14.7 Å². The molecule has 1 amide bonds. The molecule has 9 nitrogen and oxygen atoms in total. The average molecular weight is 446 g/mol. The van der Waals surface area contributed by atoms with E-state index in [9.17, 15) is 18.3 Å². The lowest BCUT2D eigenvalue weighted by atomic mass is 10.1. The molecule has 0 aliphatic carbocycles. The highest BCUT2D eigenvalue weighted by molar-refractivity contribution is 7.89. The van der Waals surface area contributed by atoms with Gasteiger partial charge in [0.2, 0.25) is 10.0 Å². The number of pyridine rings is 1. The van der Waals surface area contributed by atoms with Crippen LogP contribution in [-0.2, 0) is 10.0 Å². The lowest BCUT2D eigenvalue weighted by Crippen LogP contribution is -2.49. The predicted molar refractivity (Wildman–Crippen MR) is 121 cm³/mol. The van der Waals surface area contributed by atoms with Crippen LogP contribution in [0.25, 0.3) is 0 Å². The Morgan fingerprint density at radius 2 is 1.71 bits per heavy atom. The minimum Gasteiger partial charge on any atom is -0.465 e. The average Bonchev–Trinajstić information content (AvgIpc) is 2.78. The maximum absolute atomic E-state index is 12.3. The normalized spacial score (nSPS) is 17.5. The van der Waals surface area contributed by atoms with Gasteiger partial charge in [0, 0.05) is 39.3 Å². The number of carboxylic acid groups (broad SMARTS) is 1. The first-order valence-corrected chi connectivity index (χ1v) is 12.1. The molecule has 0 atom stereocenters. The molecule has 1 N–H and O–H groups in total. The van der Waals surface area contributed by atoms with Crippen molar-refractivity contribution in [3.63, 3.8) is 0 Å². The minimum atomic E-state index is -3.16. The van der Waals surface area contributed by atoms with E-state index in [0.29, 0.717) is 51.4 Å². The highest BCUT2D eigenvalue weighted by atomic mass is 32.2. The number of nitrogens with zero attached hydrogens (tertiary/aromatic N) is 5. The number of aromatic nitrogens is 1. The van der Waals surface area contributed by atoms with Gasteiger partial charge in [-0.2, -0.15) is 4.31 Å². The maximum atomic E-state index is 12.3. The van der Waals surface area contributed by atoms with Gasteiger partial charge in [-0.15, -0.1) is 0 Å². The molecule has 2 aliphatic rings. The van der Waals surface area contributed by atoms with Crippen LogP contribution in [0.3, 0.4) is 0 Å². The largest absolute Gasteiger partial charge is 0.465 e. The summed E-state index contributed by atoms with van der Waals surface area (Å²) >= 11 is 0. The lowest BCUT2D eigenvalue weighted by molar-refractivity contribution is 0.201. The molecule has 1 aromatic carbocycles. The molecule has 0 radical (unpaired) electrons. The quantitative estimate of drug-likeness (QED) is 0.755. The van der Waals surface area contributed by atoms with Crippen LogP contribution >= 0.6 is 0 Å². The topological polar surface area (TPSA) is 97.3 Å². The molecule has 2 aliphatic heterocycles. The van der Waals surface area contributed by atoms with Crippen LogP contribution in [0.1, 0.15) is 13.3 Å². The van der Waals surface area contributed by atoms with Gasteiger partial charge in [0.15, 0.2) is 0 Å². The van der Waals surface area contributed by atoms with Gasteiger partial charge in [-0.3, -0.25) is 4.90 Å². The molecule has 1 fully saturated rings.